The number of aryl methyl sites for hydroxylation is 2. The van der Waals surface area contributed by atoms with Crippen molar-refractivity contribution in [2.24, 2.45) is 0 Å². The average molecular weight is 356 g/mol. The van der Waals surface area contributed by atoms with E-state index in [0.29, 0.717) is 31.1 Å². The highest BCUT2D eigenvalue weighted by Crippen LogP contribution is 2.29. The number of hydrogen-bond acceptors (Lipinski definition) is 4. The molecule has 0 N–H and O–H groups in total. The van der Waals surface area contributed by atoms with Crippen molar-refractivity contribution in [1.82, 2.24) is 9.88 Å². The SMILES string of the molecule is COc1nc2c(cc1C(=O)N1CCO[C@@H](c3ccc(F)cc3)C1)CCC2. The van der Waals surface area contributed by atoms with Gasteiger partial charge in [0.05, 0.1) is 20.3 Å². The first-order valence-electron chi connectivity index (χ1n) is 8.89. The molecule has 2 heterocycles. The zero-order valence-corrected chi connectivity index (χ0v) is 14.7. The number of amides is 1. The van der Waals surface area contributed by atoms with E-state index in [2.05, 4.69) is 4.98 Å². The predicted octanol–water partition coefficient (Wildman–Crippen LogP) is 2.93. The number of halogens is 1. The van der Waals surface area contributed by atoms with Gasteiger partial charge in [-0.1, -0.05) is 12.1 Å². The molecule has 0 spiro atoms. The third kappa shape index (κ3) is 3.17. The fraction of sp³-hybridized carbons (Fsp3) is 0.400. The van der Waals surface area contributed by atoms with E-state index in [4.69, 9.17) is 9.47 Å². The summed E-state index contributed by atoms with van der Waals surface area (Å²) in [6.07, 6.45) is 2.69. The zero-order valence-electron chi connectivity index (χ0n) is 14.7. The molecule has 1 aromatic carbocycles. The number of ether oxygens (including phenoxy) is 2. The molecule has 1 aliphatic carbocycles. The van der Waals surface area contributed by atoms with E-state index in [1.807, 2.05) is 6.07 Å². The number of pyridine rings is 1. The van der Waals surface area contributed by atoms with E-state index < -0.39 is 0 Å². The van der Waals surface area contributed by atoms with Crippen LogP contribution in [0.15, 0.2) is 30.3 Å². The Hall–Kier alpha value is -2.47. The summed E-state index contributed by atoms with van der Waals surface area (Å²) in [5.41, 5.74) is 3.54. The number of morpholine rings is 1. The van der Waals surface area contributed by atoms with Gasteiger partial charge in [-0.3, -0.25) is 4.79 Å². The molecule has 2 aromatic rings. The van der Waals surface area contributed by atoms with Crippen LogP contribution in [0, 0.1) is 5.82 Å². The maximum absolute atomic E-state index is 13.1. The van der Waals surface area contributed by atoms with Crippen LogP contribution in [-0.2, 0) is 17.6 Å². The van der Waals surface area contributed by atoms with Gasteiger partial charge in [-0.05, 0) is 48.6 Å². The molecule has 1 aliphatic heterocycles. The molecule has 136 valence electrons. The van der Waals surface area contributed by atoms with Crippen LogP contribution in [0.2, 0.25) is 0 Å². The number of methoxy groups -OCH3 is 1. The summed E-state index contributed by atoms with van der Waals surface area (Å²) in [5, 5.41) is 0. The second-order valence-electron chi connectivity index (χ2n) is 6.67. The molecule has 0 radical (unpaired) electrons. The Balaban J connectivity index is 1.57. The molecular formula is C20H21FN2O3. The number of aromatic nitrogens is 1. The Morgan fingerprint density at radius 3 is 2.88 bits per heavy atom. The first-order chi connectivity index (χ1) is 12.7. The molecule has 1 amide bonds. The van der Waals surface area contributed by atoms with Gasteiger partial charge >= 0.3 is 0 Å². The Bertz CT molecular complexity index is 823. The Morgan fingerprint density at radius 1 is 1.31 bits per heavy atom. The van der Waals surface area contributed by atoms with Gasteiger partial charge in [-0.15, -0.1) is 0 Å². The maximum Gasteiger partial charge on any atom is 0.259 e. The lowest BCUT2D eigenvalue weighted by atomic mass is 10.1. The zero-order chi connectivity index (χ0) is 18.1. The monoisotopic (exact) mass is 356 g/mol. The van der Waals surface area contributed by atoms with Crippen LogP contribution in [0.1, 0.15) is 39.7 Å². The summed E-state index contributed by atoms with van der Waals surface area (Å²) in [5.74, 6) is 0.00591. The largest absolute Gasteiger partial charge is 0.480 e. The van der Waals surface area contributed by atoms with Gasteiger partial charge < -0.3 is 14.4 Å². The van der Waals surface area contributed by atoms with Gasteiger partial charge in [0.25, 0.3) is 5.91 Å². The summed E-state index contributed by atoms with van der Waals surface area (Å²) in [4.78, 5) is 19.4. The summed E-state index contributed by atoms with van der Waals surface area (Å²) in [6.45, 7) is 1.37. The fourth-order valence-corrected chi connectivity index (χ4v) is 3.65. The molecule has 1 saturated heterocycles. The average Bonchev–Trinajstić information content (AvgIpc) is 3.14. The molecule has 1 fully saturated rings. The van der Waals surface area contributed by atoms with Crippen molar-refractivity contribution < 1.29 is 18.7 Å². The highest BCUT2D eigenvalue weighted by atomic mass is 19.1. The van der Waals surface area contributed by atoms with E-state index in [9.17, 15) is 9.18 Å². The predicted molar refractivity (Wildman–Crippen MR) is 93.8 cm³/mol. The number of fused-ring (bicyclic) bond motifs is 1. The minimum absolute atomic E-state index is 0.0977. The van der Waals surface area contributed by atoms with Gasteiger partial charge in [-0.25, -0.2) is 9.37 Å². The van der Waals surface area contributed by atoms with Crippen molar-refractivity contribution in [3.05, 3.63) is 58.5 Å². The molecule has 6 heteroatoms. The van der Waals surface area contributed by atoms with Crippen LogP contribution in [0.3, 0.4) is 0 Å². The molecule has 0 saturated carbocycles. The van der Waals surface area contributed by atoms with Gasteiger partial charge in [0.1, 0.15) is 17.5 Å². The lowest BCUT2D eigenvalue weighted by molar-refractivity contribution is -0.0229. The highest BCUT2D eigenvalue weighted by Gasteiger charge is 2.29. The minimum atomic E-state index is -0.286. The minimum Gasteiger partial charge on any atom is -0.480 e. The Kier molecular flexibility index (Phi) is 4.59. The second kappa shape index (κ2) is 7.03. The molecular weight excluding hydrogens is 335 g/mol. The molecule has 0 unspecified atom stereocenters. The Morgan fingerprint density at radius 2 is 2.12 bits per heavy atom. The van der Waals surface area contributed by atoms with E-state index >= 15 is 0 Å². The van der Waals surface area contributed by atoms with Crippen LogP contribution in [0.4, 0.5) is 4.39 Å². The van der Waals surface area contributed by atoms with Crippen LogP contribution in [-0.4, -0.2) is 42.6 Å². The van der Waals surface area contributed by atoms with E-state index in [1.165, 1.54) is 12.1 Å². The second-order valence-corrected chi connectivity index (χ2v) is 6.67. The summed E-state index contributed by atoms with van der Waals surface area (Å²) < 4.78 is 24.3. The fourth-order valence-electron chi connectivity index (χ4n) is 3.65. The van der Waals surface area contributed by atoms with Crippen molar-refractivity contribution in [2.45, 2.75) is 25.4 Å². The van der Waals surface area contributed by atoms with Crippen molar-refractivity contribution in [1.29, 1.82) is 0 Å². The van der Waals surface area contributed by atoms with Crippen LogP contribution >= 0.6 is 0 Å². The molecule has 5 nitrogen and oxygen atoms in total. The highest BCUT2D eigenvalue weighted by molar-refractivity contribution is 5.96. The quantitative estimate of drug-likeness (QED) is 0.849. The lowest BCUT2D eigenvalue weighted by Crippen LogP contribution is -2.42. The smallest absolute Gasteiger partial charge is 0.259 e. The topological polar surface area (TPSA) is 51.7 Å². The molecule has 26 heavy (non-hydrogen) atoms. The third-order valence-corrected chi connectivity index (χ3v) is 5.04. The number of hydrogen-bond donors (Lipinski definition) is 0. The number of carbonyl (C=O) groups is 1. The van der Waals surface area contributed by atoms with Gasteiger partial charge in [0.15, 0.2) is 0 Å². The number of rotatable bonds is 3. The summed E-state index contributed by atoms with van der Waals surface area (Å²) in [7, 11) is 1.54. The molecule has 0 bridgehead atoms. The van der Waals surface area contributed by atoms with Crippen molar-refractivity contribution in [3.63, 3.8) is 0 Å². The van der Waals surface area contributed by atoms with Gasteiger partial charge in [-0.2, -0.15) is 0 Å². The number of nitrogens with zero attached hydrogens (tertiary/aromatic N) is 2. The number of carbonyl (C=O) groups excluding carboxylic acids is 1. The first kappa shape index (κ1) is 17.0. The van der Waals surface area contributed by atoms with Crippen LogP contribution in [0.25, 0.3) is 0 Å². The standard InChI is InChI=1S/C20H21FN2O3/c1-25-19-16(11-14-3-2-4-17(14)22-19)20(24)23-9-10-26-18(12-23)13-5-7-15(21)8-6-13/h5-8,11,18H,2-4,9-10,12H2,1H3/t18-/m1/s1. The first-order valence-corrected chi connectivity index (χ1v) is 8.89. The number of benzene rings is 1. The van der Waals surface area contributed by atoms with E-state index in [0.717, 1.165) is 36.1 Å². The molecule has 4 rings (SSSR count). The summed E-state index contributed by atoms with van der Waals surface area (Å²) in [6, 6.07) is 8.15. The molecule has 1 aromatic heterocycles. The summed E-state index contributed by atoms with van der Waals surface area (Å²) >= 11 is 0. The third-order valence-electron chi connectivity index (χ3n) is 5.04. The molecule has 2 aliphatic rings. The van der Waals surface area contributed by atoms with Gasteiger partial charge in [0.2, 0.25) is 5.88 Å². The van der Waals surface area contributed by atoms with Crippen LogP contribution < -0.4 is 4.74 Å². The molecule has 1 atom stereocenters. The lowest BCUT2D eigenvalue weighted by Gasteiger charge is -2.33. The van der Waals surface area contributed by atoms with Crippen molar-refractivity contribution >= 4 is 5.91 Å². The van der Waals surface area contributed by atoms with Crippen molar-refractivity contribution in [3.8, 4) is 5.88 Å². The normalized spacial score (nSPS) is 19.3. The Labute approximate surface area is 151 Å². The maximum atomic E-state index is 13.1. The van der Waals surface area contributed by atoms with Crippen molar-refractivity contribution in [2.75, 3.05) is 26.8 Å². The van der Waals surface area contributed by atoms with E-state index in [1.54, 1.807) is 24.1 Å². The van der Waals surface area contributed by atoms with Gasteiger partial charge in [0, 0.05) is 12.2 Å². The van der Waals surface area contributed by atoms with Crippen LogP contribution in [0.5, 0.6) is 5.88 Å². The van der Waals surface area contributed by atoms with E-state index in [-0.39, 0.29) is 17.8 Å².